The Labute approximate surface area is 136 Å². The van der Waals surface area contributed by atoms with E-state index >= 15 is 0 Å². The Balaban J connectivity index is 5.66. The molecule has 0 aliphatic rings. The molecule has 0 saturated carbocycles. The van der Waals surface area contributed by atoms with Crippen LogP contribution in [0.15, 0.2) is 0 Å². The second kappa shape index (κ2) is 6.30. The SMILES string of the molecule is CCS(=O)(=O)N(SC(Cl)(Cl)C(F)(Cl)Cl)C(C)(C)C#N. The lowest BCUT2D eigenvalue weighted by Gasteiger charge is -2.35. The summed E-state index contributed by atoms with van der Waals surface area (Å²) in [6.45, 7) is 3.96. The van der Waals surface area contributed by atoms with Gasteiger partial charge in [-0.2, -0.15) is 5.26 Å². The summed E-state index contributed by atoms with van der Waals surface area (Å²) < 4.78 is 32.3. The van der Waals surface area contributed by atoms with Crippen molar-refractivity contribution < 1.29 is 12.8 Å². The van der Waals surface area contributed by atoms with E-state index in [9.17, 15) is 12.8 Å². The summed E-state index contributed by atoms with van der Waals surface area (Å²) in [4.78, 5) is 0. The van der Waals surface area contributed by atoms with Gasteiger partial charge in [0.25, 0.3) is 0 Å². The first kappa shape index (κ1) is 19.8. The molecule has 0 aromatic carbocycles. The molecule has 112 valence electrons. The Bertz CT molecular complexity index is 470. The summed E-state index contributed by atoms with van der Waals surface area (Å²) in [6.07, 6.45) is 0. The molecule has 0 aromatic heterocycles. The Hall–Kier alpha value is 0.840. The van der Waals surface area contributed by atoms with Crippen molar-refractivity contribution in [2.45, 2.75) is 34.6 Å². The van der Waals surface area contributed by atoms with Crippen molar-refractivity contribution in [1.82, 2.24) is 3.71 Å². The summed E-state index contributed by atoms with van der Waals surface area (Å²) in [5, 5.41) is 9.01. The van der Waals surface area contributed by atoms with Crippen molar-refractivity contribution in [3.8, 4) is 6.07 Å². The molecular weight excluding hydrogens is 381 g/mol. The zero-order valence-corrected chi connectivity index (χ0v) is 14.8. The standard InChI is InChI=1S/C8H11Cl4FN2O2S2/c1-4-19(16,17)15(6(2,3)5-14)18-8(11,12)7(9,10)13/h4H2,1-3H3. The van der Waals surface area contributed by atoms with E-state index in [2.05, 4.69) is 0 Å². The first-order valence-corrected chi connectivity index (χ1v) is 8.68. The van der Waals surface area contributed by atoms with Gasteiger partial charge in [-0.15, -0.1) is 3.71 Å². The third-order valence-electron chi connectivity index (χ3n) is 1.88. The summed E-state index contributed by atoms with van der Waals surface area (Å²) in [7, 11) is -3.90. The van der Waals surface area contributed by atoms with E-state index in [-0.39, 0.29) is 17.7 Å². The maximum Gasteiger partial charge on any atom is 0.301 e. The highest BCUT2D eigenvalue weighted by molar-refractivity contribution is 8.11. The third kappa shape index (κ3) is 4.95. The molecule has 0 spiro atoms. The molecule has 0 fully saturated rings. The zero-order chi connectivity index (χ0) is 15.7. The van der Waals surface area contributed by atoms with Gasteiger partial charge in [0.05, 0.1) is 11.8 Å². The van der Waals surface area contributed by atoms with Crippen LogP contribution in [0.5, 0.6) is 0 Å². The Morgan fingerprint density at radius 3 is 2.00 bits per heavy atom. The fraction of sp³-hybridized carbons (Fsp3) is 0.875. The van der Waals surface area contributed by atoms with Gasteiger partial charge < -0.3 is 0 Å². The molecule has 0 radical (unpaired) electrons. The van der Waals surface area contributed by atoms with E-state index < -0.39 is 23.8 Å². The topological polar surface area (TPSA) is 61.2 Å². The van der Waals surface area contributed by atoms with Crippen LogP contribution < -0.4 is 0 Å². The largest absolute Gasteiger partial charge is 0.301 e. The number of nitrogens with zero attached hydrogens (tertiary/aromatic N) is 2. The number of nitriles is 1. The van der Waals surface area contributed by atoms with Crippen LogP contribution >= 0.6 is 58.4 Å². The molecule has 0 N–H and O–H groups in total. The van der Waals surface area contributed by atoms with Crippen LogP contribution in [-0.2, 0) is 10.0 Å². The van der Waals surface area contributed by atoms with Crippen molar-refractivity contribution in [3.63, 3.8) is 0 Å². The molecule has 0 amide bonds. The number of hydrogen-bond donors (Lipinski definition) is 0. The van der Waals surface area contributed by atoms with Gasteiger partial charge >= 0.3 is 4.59 Å². The van der Waals surface area contributed by atoms with Crippen LogP contribution in [0.2, 0.25) is 0 Å². The maximum absolute atomic E-state index is 13.5. The molecule has 0 unspecified atom stereocenters. The smallest absolute Gasteiger partial charge is 0.211 e. The van der Waals surface area contributed by atoms with E-state index in [4.69, 9.17) is 51.7 Å². The molecular formula is C8H11Cl4FN2O2S2. The van der Waals surface area contributed by atoms with Crippen LogP contribution in [0, 0.1) is 11.3 Å². The molecule has 0 aromatic rings. The molecule has 0 bridgehead atoms. The zero-order valence-electron chi connectivity index (χ0n) is 10.1. The molecule has 0 aliphatic carbocycles. The van der Waals surface area contributed by atoms with Crippen molar-refractivity contribution >= 4 is 68.4 Å². The minimum Gasteiger partial charge on any atom is -0.211 e. The molecule has 0 saturated heterocycles. The molecule has 0 heterocycles. The van der Waals surface area contributed by atoms with Gasteiger partial charge in [-0.25, -0.2) is 12.8 Å². The predicted molar refractivity (Wildman–Crippen MR) is 78.6 cm³/mol. The van der Waals surface area contributed by atoms with Gasteiger partial charge in [0.15, 0.2) is 0 Å². The van der Waals surface area contributed by atoms with Gasteiger partial charge in [0, 0.05) is 0 Å². The molecule has 0 rings (SSSR count). The number of hydrogen-bond acceptors (Lipinski definition) is 4. The first-order chi connectivity index (χ1) is 8.21. The van der Waals surface area contributed by atoms with Crippen molar-refractivity contribution in [2.24, 2.45) is 0 Å². The molecule has 19 heavy (non-hydrogen) atoms. The van der Waals surface area contributed by atoms with Crippen LogP contribution in [0.25, 0.3) is 0 Å². The monoisotopic (exact) mass is 390 g/mol. The molecule has 11 heteroatoms. The van der Waals surface area contributed by atoms with Gasteiger partial charge in [-0.3, -0.25) is 0 Å². The number of rotatable bonds is 6. The number of alkyl halides is 5. The van der Waals surface area contributed by atoms with Gasteiger partial charge in [0.1, 0.15) is 5.54 Å². The fourth-order valence-corrected chi connectivity index (χ4v) is 4.36. The fourth-order valence-electron chi connectivity index (χ4n) is 0.833. The van der Waals surface area contributed by atoms with Crippen molar-refractivity contribution in [1.29, 1.82) is 5.26 Å². The third-order valence-corrected chi connectivity index (χ3v) is 7.72. The van der Waals surface area contributed by atoms with Crippen molar-refractivity contribution in [2.75, 3.05) is 5.75 Å². The maximum atomic E-state index is 13.5. The van der Waals surface area contributed by atoms with E-state index in [1.54, 1.807) is 6.07 Å². The van der Waals surface area contributed by atoms with E-state index in [0.29, 0.717) is 3.71 Å². The number of halogens is 5. The van der Waals surface area contributed by atoms with E-state index in [1.165, 1.54) is 20.8 Å². The van der Waals surface area contributed by atoms with Gasteiger partial charge in [0.2, 0.25) is 13.7 Å². The van der Waals surface area contributed by atoms with Crippen LogP contribution in [0.4, 0.5) is 4.39 Å². The van der Waals surface area contributed by atoms with Gasteiger partial charge in [-0.05, 0) is 32.7 Å². The highest BCUT2D eigenvalue weighted by Crippen LogP contribution is 2.54. The second-order valence-corrected chi connectivity index (χ2v) is 10.4. The Morgan fingerprint density at radius 2 is 1.74 bits per heavy atom. The van der Waals surface area contributed by atoms with Gasteiger partial charge in [-0.1, -0.05) is 46.4 Å². The molecule has 0 atom stereocenters. The normalized spacial score (nSPS) is 14.5. The van der Waals surface area contributed by atoms with E-state index in [1.807, 2.05) is 0 Å². The second-order valence-electron chi connectivity index (χ2n) is 3.90. The average molecular weight is 392 g/mol. The van der Waals surface area contributed by atoms with E-state index in [0.717, 1.165) is 0 Å². The summed E-state index contributed by atoms with van der Waals surface area (Å²) in [5.41, 5.74) is -1.52. The summed E-state index contributed by atoms with van der Waals surface area (Å²) >= 11 is 21.7. The minimum absolute atomic E-state index is 0.132. The average Bonchev–Trinajstić information content (AvgIpc) is 2.24. The highest BCUT2D eigenvalue weighted by atomic mass is 35.5. The quantitative estimate of drug-likeness (QED) is 0.510. The Morgan fingerprint density at radius 1 is 1.32 bits per heavy atom. The van der Waals surface area contributed by atoms with Crippen LogP contribution in [0.1, 0.15) is 20.8 Å². The van der Waals surface area contributed by atoms with Crippen LogP contribution in [0.3, 0.4) is 0 Å². The summed E-state index contributed by atoms with van der Waals surface area (Å²) in [6, 6.07) is 1.76. The first-order valence-electron chi connectivity index (χ1n) is 4.79. The number of sulfonamides is 1. The molecule has 4 nitrogen and oxygen atoms in total. The van der Waals surface area contributed by atoms with Crippen molar-refractivity contribution in [3.05, 3.63) is 0 Å². The minimum atomic E-state index is -3.90. The lowest BCUT2D eigenvalue weighted by molar-refractivity contribution is 0.389. The Kier molecular flexibility index (Phi) is 6.58. The lowest BCUT2D eigenvalue weighted by Crippen LogP contribution is -2.46. The summed E-state index contributed by atoms with van der Waals surface area (Å²) in [5.74, 6) is -0.334. The van der Waals surface area contributed by atoms with Crippen LogP contribution in [-0.4, -0.2) is 31.7 Å². The predicted octanol–water partition coefficient (Wildman–Crippen LogP) is 3.82. The highest BCUT2D eigenvalue weighted by Gasteiger charge is 2.54. The lowest BCUT2D eigenvalue weighted by atomic mass is 10.1. The molecule has 0 aliphatic heterocycles.